The van der Waals surface area contributed by atoms with Gasteiger partial charge in [0.25, 0.3) is 5.91 Å². The van der Waals surface area contributed by atoms with Gasteiger partial charge in [0.1, 0.15) is 0 Å². The molecule has 3 heterocycles. The number of carbonyl (C=O) groups is 1. The van der Waals surface area contributed by atoms with Gasteiger partial charge < -0.3 is 15.3 Å². The lowest BCUT2D eigenvalue weighted by molar-refractivity contribution is -0.143. The molecule has 1 fully saturated rings. The second kappa shape index (κ2) is 10.3. The summed E-state index contributed by atoms with van der Waals surface area (Å²) in [5.41, 5.74) is -1.99. The maximum Gasteiger partial charge on any atom is 0.416 e. The average Bonchev–Trinajstić information content (AvgIpc) is 3.34. The molecule has 1 unspecified atom stereocenters. The van der Waals surface area contributed by atoms with Crippen molar-refractivity contribution >= 4 is 39.8 Å². The molecule has 0 radical (unpaired) electrons. The molecule has 2 aromatic carbocycles. The number of aliphatic hydroxyl groups excluding tert-OH is 1. The van der Waals surface area contributed by atoms with Gasteiger partial charge in [-0.1, -0.05) is 12.1 Å². The van der Waals surface area contributed by atoms with Crippen molar-refractivity contribution in [1.82, 2.24) is 20.0 Å². The number of hydrogen-bond donors (Lipinski definition) is 2. The van der Waals surface area contributed by atoms with Gasteiger partial charge in [-0.05, 0) is 53.2 Å². The Morgan fingerprint density at radius 3 is 2.64 bits per heavy atom. The summed E-state index contributed by atoms with van der Waals surface area (Å²) < 4.78 is 80.9. The monoisotopic (exact) mass is 569 g/mol. The number of amides is 1. The van der Waals surface area contributed by atoms with Crippen LogP contribution in [0.3, 0.4) is 0 Å². The van der Waals surface area contributed by atoms with Gasteiger partial charge in [0.2, 0.25) is 0 Å². The lowest BCUT2D eigenvalue weighted by Crippen LogP contribution is -2.35. The van der Waals surface area contributed by atoms with E-state index in [1.54, 1.807) is 24.3 Å². The van der Waals surface area contributed by atoms with Gasteiger partial charge in [-0.25, -0.2) is 0 Å². The van der Waals surface area contributed by atoms with Crippen molar-refractivity contribution in [1.29, 1.82) is 0 Å². The highest BCUT2D eigenvalue weighted by atomic mass is 32.2. The van der Waals surface area contributed by atoms with Crippen LogP contribution >= 0.6 is 11.8 Å². The fraction of sp³-hybridized carbons (Fsp3) is 0.320. The number of hydrogen-bond acceptors (Lipinski definition) is 6. The van der Waals surface area contributed by atoms with E-state index >= 15 is 0 Å². The average molecular weight is 570 g/mol. The van der Waals surface area contributed by atoms with Gasteiger partial charge in [0, 0.05) is 31.6 Å². The molecule has 1 saturated heterocycles. The number of carbonyl (C=O) groups excluding carboxylic acids is 1. The molecule has 1 amide bonds. The molecule has 1 aromatic heterocycles. The van der Waals surface area contributed by atoms with Crippen LogP contribution in [0.15, 0.2) is 52.5 Å². The van der Waals surface area contributed by atoms with Crippen molar-refractivity contribution in [3.63, 3.8) is 0 Å². The van der Waals surface area contributed by atoms with E-state index in [-0.39, 0.29) is 18.2 Å². The number of amidine groups is 1. The number of alkyl halides is 6. The maximum absolute atomic E-state index is 13.6. The number of benzene rings is 2. The van der Waals surface area contributed by atoms with Gasteiger partial charge in [0.15, 0.2) is 5.17 Å². The van der Waals surface area contributed by atoms with Crippen LogP contribution in [-0.2, 0) is 23.7 Å². The molecule has 0 saturated carbocycles. The first-order valence-corrected chi connectivity index (χ1v) is 12.6. The number of nitrogens with zero attached hydrogens (tertiary/aromatic N) is 4. The zero-order chi connectivity index (χ0) is 27.9. The number of rotatable bonds is 3. The minimum atomic E-state index is -4.98. The van der Waals surface area contributed by atoms with Crippen molar-refractivity contribution in [2.24, 2.45) is 4.99 Å². The molecule has 1 atom stereocenters. The summed E-state index contributed by atoms with van der Waals surface area (Å²) in [5, 5.41) is 18.3. The fourth-order valence-electron chi connectivity index (χ4n) is 4.39. The molecular weight excluding hydrogens is 548 g/mol. The van der Waals surface area contributed by atoms with Crippen molar-refractivity contribution in [2.75, 3.05) is 26.2 Å². The van der Waals surface area contributed by atoms with Crippen LogP contribution < -0.4 is 5.32 Å². The molecule has 0 bridgehead atoms. The number of aromatic nitrogens is 2. The number of β-amino-alcohol motifs (C(OH)–C–C–N with tert-alkyl or cyclic N) is 1. The number of thioether (sulfide) groups is 1. The third-order valence-electron chi connectivity index (χ3n) is 6.28. The lowest BCUT2D eigenvalue weighted by atomic mass is 10.0. The summed E-state index contributed by atoms with van der Waals surface area (Å²) >= 11 is 1.19. The predicted molar refractivity (Wildman–Crippen MR) is 134 cm³/mol. The fourth-order valence-corrected chi connectivity index (χ4v) is 5.34. The zero-order valence-corrected chi connectivity index (χ0v) is 20.9. The quantitative estimate of drug-likeness (QED) is 0.361. The molecule has 5 rings (SSSR count). The lowest BCUT2D eigenvalue weighted by Gasteiger charge is -2.22. The maximum atomic E-state index is 13.6. The summed E-state index contributed by atoms with van der Waals surface area (Å²) in [5.74, 6) is -0.417. The van der Waals surface area contributed by atoms with Crippen molar-refractivity contribution < 1.29 is 36.2 Å². The van der Waals surface area contributed by atoms with Crippen LogP contribution in [0.25, 0.3) is 17.0 Å². The topological polar surface area (TPSA) is 82.8 Å². The van der Waals surface area contributed by atoms with Crippen molar-refractivity contribution in [3.05, 3.63) is 69.8 Å². The van der Waals surface area contributed by atoms with Crippen LogP contribution in [0.5, 0.6) is 0 Å². The predicted octanol–water partition coefficient (Wildman–Crippen LogP) is 4.36. The SMILES string of the molecule is O=C1N=C(N2CCNCC(O)C2)SC1=Cc1ccc2c(cnn2Cc2ccc(C(F)(F)F)cc2C(F)(F)F)c1. The Hall–Kier alpha value is -3.36. The Morgan fingerprint density at radius 2 is 1.90 bits per heavy atom. The van der Waals surface area contributed by atoms with Crippen LogP contribution in [0.1, 0.15) is 22.3 Å². The highest BCUT2D eigenvalue weighted by Crippen LogP contribution is 2.38. The Labute approximate surface area is 222 Å². The first-order chi connectivity index (χ1) is 18.4. The number of nitrogens with one attached hydrogen (secondary N) is 1. The van der Waals surface area contributed by atoms with Gasteiger partial charge in [-0.15, -0.1) is 0 Å². The summed E-state index contributed by atoms with van der Waals surface area (Å²) in [6, 6.07) is 6.54. The van der Waals surface area contributed by atoms with Crippen LogP contribution in [0.2, 0.25) is 0 Å². The highest BCUT2D eigenvalue weighted by Gasteiger charge is 2.38. The zero-order valence-electron chi connectivity index (χ0n) is 20.1. The third-order valence-corrected chi connectivity index (χ3v) is 7.32. The smallest absolute Gasteiger partial charge is 0.390 e. The Bertz CT molecular complexity index is 1480. The van der Waals surface area contributed by atoms with E-state index in [0.29, 0.717) is 58.8 Å². The number of aliphatic hydroxyl groups is 1. The standard InChI is InChI=1S/C25H21F6N5O2S/c26-24(27,28)17-3-2-15(19(9-17)25(29,30)31)12-36-20-4-1-14(7-16(20)10-33-36)8-21-22(38)34-23(39-21)35-6-5-32-11-18(37)13-35/h1-4,7-10,18,32,37H,5-6,11-13H2. The molecule has 2 aliphatic rings. The van der Waals surface area contributed by atoms with E-state index in [1.807, 2.05) is 4.90 Å². The summed E-state index contributed by atoms with van der Waals surface area (Å²) in [6.45, 7) is 1.64. The minimum Gasteiger partial charge on any atom is -0.390 e. The van der Waals surface area contributed by atoms with Crippen molar-refractivity contribution in [2.45, 2.75) is 25.0 Å². The molecule has 3 aromatic rings. The molecule has 2 N–H and O–H groups in total. The van der Waals surface area contributed by atoms with E-state index in [0.717, 1.165) is 6.07 Å². The normalized spacial score (nSPS) is 20.1. The number of halogens is 6. The number of fused-ring (bicyclic) bond motifs is 1. The number of aliphatic imine (C=N–C) groups is 1. The van der Waals surface area contributed by atoms with Crippen LogP contribution in [-0.4, -0.2) is 63.1 Å². The van der Waals surface area contributed by atoms with E-state index in [2.05, 4.69) is 15.4 Å². The van der Waals surface area contributed by atoms with Crippen LogP contribution in [0, 0.1) is 0 Å². The Kier molecular flexibility index (Phi) is 7.20. The minimum absolute atomic E-state index is 0.112. The second-order valence-corrected chi connectivity index (χ2v) is 10.1. The van der Waals surface area contributed by atoms with E-state index in [4.69, 9.17) is 0 Å². The highest BCUT2D eigenvalue weighted by molar-refractivity contribution is 8.18. The molecule has 0 spiro atoms. The van der Waals surface area contributed by atoms with E-state index in [1.165, 1.54) is 22.6 Å². The molecule has 0 aliphatic carbocycles. The van der Waals surface area contributed by atoms with Gasteiger partial charge in [0.05, 0.1) is 40.4 Å². The van der Waals surface area contributed by atoms with Gasteiger partial charge in [-0.2, -0.15) is 36.4 Å². The summed E-state index contributed by atoms with van der Waals surface area (Å²) in [6.07, 6.45) is -7.39. The second-order valence-electron chi connectivity index (χ2n) is 9.10. The summed E-state index contributed by atoms with van der Waals surface area (Å²) in [4.78, 5) is 18.8. The molecule has 14 heteroatoms. The largest absolute Gasteiger partial charge is 0.416 e. The van der Waals surface area contributed by atoms with E-state index in [9.17, 15) is 36.2 Å². The van der Waals surface area contributed by atoms with Gasteiger partial charge in [-0.3, -0.25) is 9.48 Å². The molecule has 206 valence electrons. The van der Waals surface area contributed by atoms with E-state index < -0.39 is 35.5 Å². The van der Waals surface area contributed by atoms with Crippen LogP contribution in [0.4, 0.5) is 26.3 Å². The van der Waals surface area contributed by atoms with Gasteiger partial charge >= 0.3 is 12.4 Å². The molecule has 39 heavy (non-hydrogen) atoms. The first-order valence-electron chi connectivity index (χ1n) is 11.8. The third kappa shape index (κ3) is 5.97. The molecular formula is C25H21F6N5O2S. The first kappa shape index (κ1) is 27.2. The van der Waals surface area contributed by atoms with Crippen molar-refractivity contribution in [3.8, 4) is 0 Å². The Balaban J connectivity index is 1.37. The summed E-state index contributed by atoms with van der Waals surface area (Å²) in [7, 11) is 0. The molecule has 2 aliphatic heterocycles. The molecule has 7 nitrogen and oxygen atoms in total. The Morgan fingerprint density at radius 1 is 1.10 bits per heavy atom.